The Bertz CT molecular complexity index is 953. The first-order chi connectivity index (χ1) is 13.5. The van der Waals surface area contributed by atoms with Crippen LogP contribution in [0.15, 0.2) is 12.1 Å². The van der Waals surface area contributed by atoms with E-state index in [-0.39, 0.29) is 12.1 Å². The second-order valence-corrected chi connectivity index (χ2v) is 7.87. The van der Waals surface area contributed by atoms with Gasteiger partial charge in [0.15, 0.2) is 17.2 Å². The van der Waals surface area contributed by atoms with Gasteiger partial charge in [-0.25, -0.2) is 4.79 Å². The molecule has 0 spiro atoms. The van der Waals surface area contributed by atoms with Crippen molar-refractivity contribution in [1.29, 1.82) is 0 Å². The number of nitrogens with one attached hydrogen (secondary N) is 1. The Morgan fingerprint density at radius 1 is 1.17 bits per heavy atom. The molecule has 0 radical (unpaired) electrons. The van der Waals surface area contributed by atoms with Crippen molar-refractivity contribution in [2.45, 2.75) is 39.3 Å². The maximum absolute atomic E-state index is 12.6. The van der Waals surface area contributed by atoms with Gasteiger partial charge >= 0.3 is 6.09 Å². The van der Waals surface area contributed by atoms with E-state index in [0.717, 1.165) is 17.8 Å². The standard InChI is InChI=1S/C19H24N4O6/c1-19(2,3)29-18(28)23-6-5-12-11(9-23)16(22(4)21-12)20-17(27)10-7-13(24)15(26)14(25)8-10/h7-8,24-26H,5-6,9H2,1-4H3,(H,20,27). The summed E-state index contributed by atoms with van der Waals surface area (Å²) in [4.78, 5) is 26.6. The van der Waals surface area contributed by atoms with Gasteiger partial charge in [0.1, 0.15) is 11.4 Å². The number of benzene rings is 1. The Morgan fingerprint density at radius 3 is 2.38 bits per heavy atom. The minimum atomic E-state index is -0.701. The van der Waals surface area contributed by atoms with Crippen molar-refractivity contribution in [3.8, 4) is 17.2 Å². The third-order valence-corrected chi connectivity index (χ3v) is 4.41. The number of hydrogen-bond acceptors (Lipinski definition) is 7. The third kappa shape index (κ3) is 4.20. The van der Waals surface area contributed by atoms with E-state index in [4.69, 9.17) is 4.74 Å². The molecule has 0 unspecified atom stereocenters. The first kappa shape index (κ1) is 20.3. The number of ether oxygens (including phenoxy) is 1. The molecule has 2 heterocycles. The van der Waals surface area contributed by atoms with Crippen LogP contribution in [-0.4, -0.2) is 54.1 Å². The summed E-state index contributed by atoms with van der Waals surface area (Å²) in [7, 11) is 1.66. The van der Waals surface area contributed by atoms with Crippen LogP contribution in [0.1, 0.15) is 42.4 Å². The largest absolute Gasteiger partial charge is 0.504 e. The molecular weight excluding hydrogens is 380 g/mol. The molecule has 2 aromatic rings. The molecule has 10 nitrogen and oxygen atoms in total. The van der Waals surface area contributed by atoms with Crippen molar-refractivity contribution in [1.82, 2.24) is 14.7 Å². The predicted octanol–water partition coefficient (Wildman–Crippen LogP) is 2.08. The van der Waals surface area contributed by atoms with E-state index >= 15 is 0 Å². The van der Waals surface area contributed by atoms with Gasteiger partial charge < -0.3 is 30.3 Å². The van der Waals surface area contributed by atoms with E-state index in [1.165, 1.54) is 4.68 Å². The van der Waals surface area contributed by atoms with Gasteiger partial charge in [-0.05, 0) is 32.9 Å². The molecule has 2 amide bonds. The first-order valence-corrected chi connectivity index (χ1v) is 9.05. The minimum absolute atomic E-state index is 0.0486. The van der Waals surface area contributed by atoms with Gasteiger partial charge in [-0.3, -0.25) is 9.48 Å². The van der Waals surface area contributed by atoms with E-state index in [0.29, 0.717) is 24.3 Å². The normalized spacial score (nSPS) is 13.7. The third-order valence-electron chi connectivity index (χ3n) is 4.41. The highest BCUT2D eigenvalue weighted by Gasteiger charge is 2.30. The Morgan fingerprint density at radius 2 is 1.79 bits per heavy atom. The Hall–Kier alpha value is -3.43. The van der Waals surface area contributed by atoms with E-state index in [1.807, 2.05) is 0 Å². The number of anilines is 1. The van der Waals surface area contributed by atoms with Gasteiger partial charge in [0.05, 0.1) is 12.2 Å². The van der Waals surface area contributed by atoms with Crippen molar-refractivity contribution in [3.05, 3.63) is 29.0 Å². The van der Waals surface area contributed by atoms with Gasteiger partial charge in [-0.1, -0.05) is 0 Å². The predicted molar refractivity (Wildman–Crippen MR) is 103 cm³/mol. The molecule has 0 fully saturated rings. The number of amides is 2. The molecule has 0 saturated carbocycles. The highest BCUT2D eigenvalue weighted by Crippen LogP contribution is 2.36. The quantitative estimate of drug-likeness (QED) is 0.562. The van der Waals surface area contributed by atoms with E-state index < -0.39 is 34.9 Å². The second kappa shape index (κ2) is 7.19. The van der Waals surface area contributed by atoms with Crippen LogP contribution in [0.25, 0.3) is 0 Å². The molecule has 29 heavy (non-hydrogen) atoms. The van der Waals surface area contributed by atoms with Crippen molar-refractivity contribution in [2.24, 2.45) is 7.05 Å². The molecule has 10 heteroatoms. The fourth-order valence-corrected chi connectivity index (χ4v) is 3.05. The molecule has 1 aliphatic rings. The van der Waals surface area contributed by atoms with Crippen molar-refractivity contribution < 1.29 is 29.6 Å². The van der Waals surface area contributed by atoms with Gasteiger partial charge in [-0.15, -0.1) is 0 Å². The number of fused-ring (bicyclic) bond motifs is 1. The zero-order chi connectivity index (χ0) is 21.5. The fourth-order valence-electron chi connectivity index (χ4n) is 3.05. The zero-order valence-electron chi connectivity index (χ0n) is 16.7. The molecule has 0 bridgehead atoms. The number of carbonyl (C=O) groups is 2. The maximum atomic E-state index is 12.6. The number of phenols is 3. The van der Waals surface area contributed by atoms with Crippen LogP contribution in [0.2, 0.25) is 0 Å². The lowest BCUT2D eigenvalue weighted by molar-refractivity contribution is 0.0224. The van der Waals surface area contributed by atoms with E-state index in [2.05, 4.69) is 10.4 Å². The molecule has 3 rings (SSSR count). The average Bonchev–Trinajstić information content (AvgIpc) is 2.92. The molecule has 4 N–H and O–H groups in total. The SMILES string of the molecule is Cn1nc2c(c1NC(=O)c1cc(O)c(O)c(O)c1)CN(C(=O)OC(C)(C)C)CC2. The topological polar surface area (TPSA) is 137 Å². The van der Waals surface area contributed by atoms with Crippen LogP contribution in [0.3, 0.4) is 0 Å². The average molecular weight is 404 g/mol. The van der Waals surface area contributed by atoms with Gasteiger partial charge in [-0.2, -0.15) is 5.10 Å². The summed E-state index contributed by atoms with van der Waals surface area (Å²) in [6, 6.07) is 2.08. The molecule has 0 saturated heterocycles. The fraction of sp³-hybridized carbons (Fsp3) is 0.421. The first-order valence-electron chi connectivity index (χ1n) is 9.05. The second-order valence-electron chi connectivity index (χ2n) is 7.87. The molecule has 1 aromatic carbocycles. The summed E-state index contributed by atoms with van der Waals surface area (Å²) in [5.74, 6) is -2.15. The number of aromatic hydroxyl groups is 3. The summed E-state index contributed by atoms with van der Waals surface area (Å²) >= 11 is 0. The zero-order valence-corrected chi connectivity index (χ0v) is 16.7. The van der Waals surface area contributed by atoms with Crippen LogP contribution in [0, 0.1) is 0 Å². The van der Waals surface area contributed by atoms with Crippen LogP contribution < -0.4 is 5.32 Å². The van der Waals surface area contributed by atoms with E-state index in [1.54, 1.807) is 32.7 Å². The lowest BCUT2D eigenvalue weighted by Crippen LogP contribution is -2.40. The number of nitrogens with zero attached hydrogens (tertiary/aromatic N) is 3. The maximum Gasteiger partial charge on any atom is 0.410 e. The van der Waals surface area contributed by atoms with Crippen LogP contribution >= 0.6 is 0 Å². The van der Waals surface area contributed by atoms with Crippen molar-refractivity contribution in [2.75, 3.05) is 11.9 Å². The highest BCUT2D eigenvalue weighted by molar-refractivity contribution is 6.05. The van der Waals surface area contributed by atoms with Crippen LogP contribution in [-0.2, 0) is 24.8 Å². The number of carbonyl (C=O) groups excluding carboxylic acids is 2. The molecule has 0 aliphatic carbocycles. The summed E-state index contributed by atoms with van der Waals surface area (Å²) in [6.45, 7) is 6.04. The van der Waals surface area contributed by atoms with Crippen molar-refractivity contribution >= 4 is 17.8 Å². The molecule has 0 atom stereocenters. The molecular formula is C19H24N4O6. The minimum Gasteiger partial charge on any atom is -0.504 e. The van der Waals surface area contributed by atoms with Gasteiger partial charge in [0.2, 0.25) is 0 Å². The summed E-state index contributed by atoms with van der Waals surface area (Å²) in [5.41, 5.74) is 0.781. The number of aryl methyl sites for hydroxylation is 1. The number of phenolic OH excluding ortho intramolecular Hbond substituents is 3. The smallest absolute Gasteiger partial charge is 0.410 e. The Balaban J connectivity index is 1.83. The summed E-state index contributed by atoms with van der Waals surface area (Å²) in [5, 5.41) is 35.8. The number of hydrogen-bond donors (Lipinski definition) is 4. The Kier molecular flexibility index (Phi) is 5.04. The molecule has 156 valence electrons. The number of rotatable bonds is 2. The van der Waals surface area contributed by atoms with Gasteiger partial charge in [0, 0.05) is 31.1 Å². The summed E-state index contributed by atoms with van der Waals surface area (Å²) in [6.07, 6.45) is 0.0664. The van der Waals surface area contributed by atoms with Crippen LogP contribution in [0.5, 0.6) is 17.2 Å². The lowest BCUT2D eigenvalue weighted by Gasteiger charge is -2.29. The molecule has 1 aliphatic heterocycles. The van der Waals surface area contributed by atoms with E-state index in [9.17, 15) is 24.9 Å². The number of aromatic nitrogens is 2. The van der Waals surface area contributed by atoms with Crippen molar-refractivity contribution in [3.63, 3.8) is 0 Å². The van der Waals surface area contributed by atoms with Gasteiger partial charge in [0.25, 0.3) is 5.91 Å². The highest BCUT2D eigenvalue weighted by atomic mass is 16.6. The van der Waals surface area contributed by atoms with Crippen LogP contribution in [0.4, 0.5) is 10.6 Å². The monoisotopic (exact) mass is 404 g/mol. The molecule has 1 aromatic heterocycles. The lowest BCUT2D eigenvalue weighted by atomic mass is 10.1. The summed E-state index contributed by atoms with van der Waals surface area (Å²) < 4.78 is 6.92. The Labute approximate surface area is 167 Å².